The first kappa shape index (κ1) is 32.4. The Hall–Kier alpha value is -4.13. The molecule has 1 unspecified atom stereocenters. The predicted octanol–water partition coefficient (Wildman–Crippen LogP) is 4.88. The van der Waals surface area contributed by atoms with Crippen LogP contribution in [0.3, 0.4) is 0 Å². The fourth-order valence-electron chi connectivity index (χ4n) is 3.89. The van der Waals surface area contributed by atoms with Crippen LogP contribution in [0.2, 0.25) is 5.02 Å². The number of aliphatic imine (C=N–C) groups is 1. The lowest BCUT2D eigenvalue weighted by molar-refractivity contribution is -0.137. The predicted molar refractivity (Wildman–Crippen MR) is 159 cm³/mol. The van der Waals surface area contributed by atoms with Crippen molar-refractivity contribution in [1.82, 2.24) is 14.9 Å². The number of hydrogen-bond donors (Lipinski definition) is 3. The van der Waals surface area contributed by atoms with Crippen molar-refractivity contribution in [1.29, 1.82) is 0 Å². The van der Waals surface area contributed by atoms with E-state index in [1.165, 1.54) is 18.2 Å². The third-order valence-corrected chi connectivity index (χ3v) is 6.25. The van der Waals surface area contributed by atoms with Gasteiger partial charge in [-0.05, 0) is 52.2 Å². The number of aromatic nitrogens is 2. The molecular weight excluding hydrogens is 568 g/mol. The van der Waals surface area contributed by atoms with E-state index in [1.807, 2.05) is 20.8 Å². The second-order valence-electron chi connectivity index (χ2n) is 10.6. The van der Waals surface area contributed by atoms with E-state index in [0.29, 0.717) is 72.6 Å². The molecule has 42 heavy (non-hydrogen) atoms. The minimum absolute atomic E-state index is 0.0713. The molecule has 0 fully saturated rings. The normalized spacial score (nSPS) is 14.3. The number of halogens is 1. The van der Waals surface area contributed by atoms with Crippen molar-refractivity contribution in [3.05, 3.63) is 28.8 Å². The van der Waals surface area contributed by atoms with Crippen LogP contribution in [0.1, 0.15) is 57.9 Å². The number of fused-ring (bicyclic) bond motifs is 1. The number of ether oxygens (including phenoxy) is 3. The molecule has 0 saturated carbocycles. The highest BCUT2D eigenvalue weighted by Crippen LogP contribution is 2.37. The zero-order valence-corrected chi connectivity index (χ0v) is 25.2. The van der Waals surface area contributed by atoms with E-state index in [-0.39, 0.29) is 18.3 Å². The average molecular weight is 605 g/mol. The monoisotopic (exact) mass is 604 g/mol. The van der Waals surface area contributed by atoms with Gasteiger partial charge in [-0.1, -0.05) is 11.6 Å². The minimum Gasteiger partial charge on any atom is -0.492 e. The first-order valence-corrected chi connectivity index (χ1v) is 13.9. The Morgan fingerprint density at radius 3 is 2.69 bits per heavy atom. The number of unbranched alkanes of at least 4 members (excludes halogenated alkanes) is 1. The van der Waals surface area contributed by atoms with Gasteiger partial charge in [0.15, 0.2) is 0 Å². The second kappa shape index (κ2) is 14.7. The third kappa shape index (κ3) is 9.47. The quantitative estimate of drug-likeness (QED) is 0.200. The number of rotatable bonds is 14. The second-order valence-corrected chi connectivity index (χ2v) is 11.0. The zero-order valence-electron chi connectivity index (χ0n) is 24.4. The SMILES string of the molecule is COc1nc(NCCCN(C)C(=O)OC(C)(C)C)c2c(n1)NC(=O)C2C=Nc1ccc(Cl)c(OCCCCC(=O)O)c1. The van der Waals surface area contributed by atoms with E-state index < -0.39 is 23.6 Å². The first-order valence-electron chi connectivity index (χ1n) is 13.5. The van der Waals surface area contributed by atoms with Crippen molar-refractivity contribution in [2.45, 2.75) is 58.0 Å². The fourth-order valence-corrected chi connectivity index (χ4v) is 4.06. The van der Waals surface area contributed by atoms with Gasteiger partial charge in [0.2, 0.25) is 5.91 Å². The highest BCUT2D eigenvalue weighted by Gasteiger charge is 2.35. The number of carbonyl (C=O) groups is 3. The van der Waals surface area contributed by atoms with E-state index in [1.54, 1.807) is 25.2 Å². The molecule has 3 N–H and O–H groups in total. The molecule has 228 valence electrons. The van der Waals surface area contributed by atoms with Gasteiger partial charge in [0, 0.05) is 38.8 Å². The van der Waals surface area contributed by atoms with Gasteiger partial charge in [-0.3, -0.25) is 14.6 Å². The van der Waals surface area contributed by atoms with Crippen molar-refractivity contribution >= 4 is 53.1 Å². The van der Waals surface area contributed by atoms with Crippen LogP contribution in [-0.4, -0.2) is 83.6 Å². The summed E-state index contributed by atoms with van der Waals surface area (Å²) in [5.41, 5.74) is 0.450. The molecule has 0 spiro atoms. The van der Waals surface area contributed by atoms with Crippen molar-refractivity contribution in [2.75, 3.05) is 44.5 Å². The Morgan fingerprint density at radius 2 is 2.00 bits per heavy atom. The van der Waals surface area contributed by atoms with E-state index in [9.17, 15) is 14.4 Å². The number of carboxylic acids is 1. The summed E-state index contributed by atoms with van der Waals surface area (Å²) in [5.74, 6) is -0.826. The molecule has 0 bridgehead atoms. The molecule has 1 aliphatic rings. The molecule has 0 saturated heterocycles. The molecule has 14 heteroatoms. The van der Waals surface area contributed by atoms with Crippen molar-refractivity contribution in [2.24, 2.45) is 4.99 Å². The number of aliphatic carboxylic acids is 1. The van der Waals surface area contributed by atoms with Gasteiger partial charge in [-0.25, -0.2) is 4.79 Å². The van der Waals surface area contributed by atoms with Crippen LogP contribution in [0.25, 0.3) is 0 Å². The number of carboxylic acid groups (broad SMARTS) is 1. The summed E-state index contributed by atoms with van der Waals surface area (Å²) in [5, 5.41) is 15.1. The fraction of sp³-hybridized carbons (Fsp3) is 0.500. The molecule has 0 aliphatic carbocycles. The number of anilines is 2. The molecule has 0 radical (unpaired) electrons. The molecule has 3 rings (SSSR count). The Labute approximate surface area is 249 Å². The zero-order chi connectivity index (χ0) is 30.9. The maximum atomic E-state index is 12.9. The maximum Gasteiger partial charge on any atom is 0.410 e. The van der Waals surface area contributed by atoms with Gasteiger partial charge >= 0.3 is 18.1 Å². The van der Waals surface area contributed by atoms with E-state index >= 15 is 0 Å². The number of benzene rings is 1. The summed E-state index contributed by atoms with van der Waals surface area (Å²) in [6.07, 6.45) is 2.80. The summed E-state index contributed by atoms with van der Waals surface area (Å²) < 4.78 is 16.3. The van der Waals surface area contributed by atoms with Gasteiger partial charge in [-0.2, -0.15) is 9.97 Å². The Balaban J connectivity index is 1.69. The molecular formula is C28H37ClN6O7. The Bertz CT molecular complexity index is 1310. The van der Waals surface area contributed by atoms with Crippen LogP contribution in [0.5, 0.6) is 11.8 Å². The maximum absolute atomic E-state index is 12.9. The number of hydrogen-bond acceptors (Lipinski definition) is 10. The number of carbonyl (C=O) groups excluding carboxylic acids is 2. The topological polar surface area (TPSA) is 165 Å². The third-order valence-electron chi connectivity index (χ3n) is 5.94. The minimum atomic E-state index is -0.852. The molecule has 2 heterocycles. The summed E-state index contributed by atoms with van der Waals surface area (Å²) >= 11 is 6.25. The lowest BCUT2D eigenvalue weighted by atomic mass is 10.0. The van der Waals surface area contributed by atoms with E-state index in [2.05, 4.69) is 25.6 Å². The van der Waals surface area contributed by atoms with Gasteiger partial charge in [-0.15, -0.1) is 0 Å². The van der Waals surface area contributed by atoms with Crippen LogP contribution in [-0.2, 0) is 14.3 Å². The lowest BCUT2D eigenvalue weighted by Crippen LogP contribution is -2.35. The van der Waals surface area contributed by atoms with Gasteiger partial charge in [0.05, 0.1) is 30.0 Å². The molecule has 1 aromatic heterocycles. The van der Waals surface area contributed by atoms with Gasteiger partial charge in [0.25, 0.3) is 0 Å². The molecule has 2 aromatic rings. The number of amides is 2. The highest BCUT2D eigenvalue weighted by atomic mass is 35.5. The van der Waals surface area contributed by atoms with Crippen LogP contribution in [0.4, 0.5) is 22.1 Å². The summed E-state index contributed by atoms with van der Waals surface area (Å²) in [6, 6.07) is 5.06. The van der Waals surface area contributed by atoms with E-state index in [0.717, 1.165) is 0 Å². The molecule has 13 nitrogen and oxygen atoms in total. The molecule has 1 atom stereocenters. The first-order chi connectivity index (χ1) is 19.9. The van der Waals surface area contributed by atoms with Crippen LogP contribution in [0.15, 0.2) is 23.2 Å². The number of methoxy groups -OCH3 is 1. The lowest BCUT2D eigenvalue weighted by Gasteiger charge is -2.24. The summed E-state index contributed by atoms with van der Waals surface area (Å²) in [7, 11) is 3.10. The van der Waals surface area contributed by atoms with E-state index in [4.69, 9.17) is 30.9 Å². The van der Waals surface area contributed by atoms with Crippen molar-refractivity contribution in [3.63, 3.8) is 0 Å². The van der Waals surface area contributed by atoms with Crippen LogP contribution < -0.4 is 20.1 Å². The molecule has 1 aromatic carbocycles. The van der Waals surface area contributed by atoms with Crippen LogP contribution in [0, 0.1) is 0 Å². The molecule has 1 aliphatic heterocycles. The highest BCUT2D eigenvalue weighted by molar-refractivity contribution is 6.32. The average Bonchev–Trinajstić information content (AvgIpc) is 3.24. The summed E-state index contributed by atoms with van der Waals surface area (Å²) in [4.78, 5) is 50.5. The largest absolute Gasteiger partial charge is 0.492 e. The number of nitrogens with zero attached hydrogens (tertiary/aromatic N) is 4. The summed E-state index contributed by atoms with van der Waals surface area (Å²) in [6.45, 7) is 6.63. The molecule has 2 amide bonds. The van der Waals surface area contributed by atoms with Crippen molar-refractivity contribution in [3.8, 4) is 11.8 Å². The van der Waals surface area contributed by atoms with Crippen molar-refractivity contribution < 1.29 is 33.7 Å². The number of nitrogens with one attached hydrogen (secondary N) is 2. The Morgan fingerprint density at radius 1 is 1.24 bits per heavy atom. The van der Waals surface area contributed by atoms with Gasteiger partial charge in [0.1, 0.15) is 28.9 Å². The Kier molecular flexibility index (Phi) is 11.3. The standard InChI is InChI=1S/C28H37ClN6O7/c1-28(2,3)42-27(39)35(4)13-8-12-30-23-22-18(25(38)32-24(22)34-26(33-23)40-5)16-31-17-10-11-19(29)20(15-17)41-14-7-6-9-21(36)37/h10-11,15-16,18H,6-9,12-14H2,1-5H3,(H,36,37)(H2,30,32,33,34,38). The van der Waals surface area contributed by atoms with Crippen LogP contribution >= 0.6 is 11.6 Å². The smallest absolute Gasteiger partial charge is 0.410 e. The van der Waals surface area contributed by atoms with Gasteiger partial charge < -0.3 is 34.9 Å².